The first-order valence-corrected chi connectivity index (χ1v) is 6.57. The summed E-state index contributed by atoms with van der Waals surface area (Å²) in [6, 6.07) is 10.4. The van der Waals surface area contributed by atoms with Gasteiger partial charge in [0.1, 0.15) is 5.82 Å². The first kappa shape index (κ1) is 15.4. The van der Waals surface area contributed by atoms with E-state index in [2.05, 4.69) is 5.32 Å². The van der Waals surface area contributed by atoms with E-state index in [0.29, 0.717) is 18.7 Å². The summed E-state index contributed by atoms with van der Waals surface area (Å²) in [5.74, 6) is -0.561. The standard InChI is InChI=1S/C16H17F2NO2/c1-21-16-7-2-11(8-14(16)18)9-19-10-15(20)12-3-5-13(17)6-4-12/h2-8,15,19-20H,9-10H2,1H3. The highest BCUT2D eigenvalue weighted by Crippen LogP contribution is 2.18. The monoisotopic (exact) mass is 293 g/mol. The number of aliphatic hydroxyl groups is 1. The van der Waals surface area contributed by atoms with Gasteiger partial charge in [0.25, 0.3) is 0 Å². The molecule has 1 unspecified atom stereocenters. The van der Waals surface area contributed by atoms with Crippen molar-refractivity contribution >= 4 is 0 Å². The van der Waals surface area contributed by atoms with Crippen molar-refractivity contribution < 1.29 is 18.6 Å². The number of hydrogen-bond acceptors (Lipinski definition) is 3. The molecule has 2 N–H and O–H groups in total. The van der Waals surface area contributed by atoms with Crippen molar-refractivity contribution in [3.05, 3.63) is 65.2 Å². The molecule has 0 fully saturated rings. The van der Waals surface area contributed by atoms with Crippen LogP contribution in [-0.4, -0.2) is 18.8 Å². The van der Waals surface area contributed by atoms with Crippen LogP contribution in [0.4, 0.5) is 8.78 Å². The summed E-state index contributed by atoms with van der Waals surface area (Å²) in [5, 5.41) is 13.0. The Hall–Kier alpha value is -1.98. The van der Waals surface area contributed by atoms with Crippen molar-refractivity contribution in [2.75, 3.05) is 13.7 Å². The molecular formula is C16H17F2NO2. The predicted octanol–water partition coefficient (Wildman–Crippen LogP) is 2.80. The fourth-order valence-corrected chi connectivity index (χ4v) is 1.98. The van der Waals surface area contributed by atoms with Gasteiger partial charge in [-0.25, -0.2) is 8.78 Å². The Morgan fingerprint density at radius 3 is 2.48 bits per heavy atom. The van der Waals surface area contributed by atoms with Crippen molar-refractivity contribution in [1.82, 2.24) is 5.32 Å². The highest BCUT2D eigenvalue weighted by atomic mass is 19.1. The first-order valence-electron chi connectivity index (χ1n) is 6.57. The predicted molar refractivity (Wildman–Crippen MR) is 76.0 cm³/mol. The van der Waals surface area contributed by atoms with Crippen LogP contribution >= 0.6 is 0 Å². The molecule has 21 heavy (non-hydrogen) atoms. The maximum absolute atomic E-state index is 13.5. The third-order valence-electron chi connectivity index (χ3n) is 3.14. The molecule has 0 aromatic heterocycles. The van der Waals surface area contributed by atoms with Crippen LogP contribution in [0.25, 0.3) is 0 Å². The summed E-state index contributed by atoms with van der Waals surface area (Å²) < 4.78 is 31.1. The Labute approximate surface area is 122 Å². The lowest BCUT2D eigenvalue weighted by Crippen LogP contribution is -2.21. The summed E-state index contributed by atoms with van der Waals surface area (Å²) in [6.45, 7) is 0.707. The molecule has 0 heterocycles. The fraction of sp³-hybridized carbons (Fsp3) is 0.250. The molecule has 0 radical (unpaired) electrons. The molecule has 0 aliphatic heterocycles. The van der Waals surface area contributed by atoms with Gasteiger partial charge >= 0.3 is 0 Å². The van der Waals surface area contributed by atoms with E-state index in [0.717, 1.165) is 5.56 Å². The van der Waals surface area contributed by atoms with E-state index in [1.54, 1.807) is 12.1 Å². The van der Waals surface area contributed by atoms with Crippen LogP contribution in [0.2, 0.25) is 0 Å². The van der Waals surface area contributed by atoms with Crippen LogP contribution < -0.4 is 10.1 Å². The normalized spacial score (nSPS) is 12.2. The van der Waals surface area contributed by atoms with Gasteiger partial charge in [0.15, 0.2) is 11.6 Å². The summed E-state index contributed by atoms with van der Waals surface area (Å²) in [5.41, 5.74) is 1.38. The largest absolute Gasteiger partial charge is 0.494 e. The smallest absolute Gasteiger partial charge is 0.165 e. The molecule has 0 saturated heterocycles. The zero-order valence-corrected chi connectivity index (χ0v) is 11.6. The minimum atomic E-state index is -0.742. The molecule has 112 valence electrons. The van der Waals surface area contributed by atoms with Gasteiger partial charge in [-0.2, -0.15) is 0 Å². The number of methoxy groups -OCH3 is 1. The number of nitrogens with one attached hydrogen (secondary N) is 1. The second-order valence-corrected chi connectivity index (χ2v) is 4.67. The Balaban J connectivity index is 1.86. The lowest BCUT2D eigenvalue weighted by atomic mass is 10.1. The van der Waals surface area contributed by atoms with Crippen molar-refractivity contribution in [2.45, 2.75) is 12.6 Å². The third-order valence-corrected chi connectivity index (χ3v) is 3.14. The molecule has 0 saturated carbocycles. The van der Waals surface area contributed by atoms with Gasteiger partial charge in [0.2, 0.25) is 0 Å². The molecule has 2 aromatic carbocycles. The minimum absolute atomic E-state index is 0.199. The number of halogens is 2. The Morgan fingerprint density at radius 1 is 1.14 bits per heavy atom. The van der Waals surface area contributed by atoms with E-state index >= 15 is 0 Å². The minimum Gasteiger partial charge on any atom is -0.494 e. The van der Waals surface area contributed by atoms with Crippen LogP contribution in [0.15, 0.2) is 42.5 Å². The SMILES string of the molecule is COc1ccc(CNCC(O)c2ccc(F)cc2)cc1F. The zero-order chi connectivity index (χ0) is 15.2. The maximum atomic E-state index is 13.5. The lowest BCUT2D eigenvalue weighted by Gasteiger charge is -2.12. The Kier molecular flexibility index (Phi) is 5.25. The molecule has 3 nitrogen and oxygen atoms in total. The molecule has 0 aliphatic carbocycles. The van der Waals surface area contributed by atoms with Crippen LogP contribution in [0.3, 0.4) is 0 Å². The van der Waals surface area contributed by atoms with Gasteiger partial charge in [0, 0.05) is 13.1 Å². The third kappa shape index (κ3) is 4.24. The van der Waals surface area contributed by atoms with E-state index in [1.807, 2.05) is 0 Å². The van der Waals surface area contributed by atoms with Gasteiger partial charge in [-0.3, -0.25) is 0 Å². The number of rotatable bonds is 6. The maximum Gasteiger partial charge on any atom is 0.165 e. The molecule has 0 aliphatic rings. The second kappa shape index (κ2) is 7.15. The van der Waals surface area contributed by atoms with Crippen molar-refractivity contribution in [3.63, 3.8) is 0 Å². The number of benzene rings is 2. The average Bonchev–Trinajstić information content (AvgIpc) is 2.48. The Bertz CT molecular complexity index is 587. The van der Waals surface area contributed by atoms with Crippen molar-refractivity contribution in [1.29, 1.82) is 0 Å². The first-order chi connectivity index (χ1) is 10.1. The van der Waals surface area contributed by atoms with E-state index in [1.165, 1.54) is 37.4 Å². The second-order valence-electron chi connectivity index (χ2n) is 4.67. The quantitative estimate of drug-likeness (QED) is 0.860. The summed E-state index contributed by atoms with van der Waals surface area (Å²) >= 11 is 0. The van der Waals surface area contributed by atoms with E-state index in [4.69, 9.17) is 4.74 Å². The van der Waals surface area contributed by atoms with Gasteiger partial charge in [-0.1, -0.05) is 18.2 Å². The number of aliphatic hydroxyl groups excluding tert-OH is 1. The number of hydrogen-bond donors (Lipinski definition) is 2. The van der Waals surface area contributed by atoms with Crippen LogP contribution in [0, 0.1) is 11.6 Å². The van der Waals surface area contributed by atoms with Crippen LogP contribution in [-0.2, 0) is 6.54 Å². The van der Waals surface area contributed by atoms with Crippen LogP contribution in [0.5, 0.6) is 5.75 Å². The molecule has 1 atom stereocenters. The number of ether oxygens (including phenoxy) is 1. The highest BCUT2D eigenvalue weighted by molar-refractivity contribution is 5.29. The molecule has 5 heteroatoms. The average molecular weight is 293 g/mol. The summed E-state index contributed by atoms with van der Waals surface area (Å²) in [6.07, 6.45) is -0.742. The molecule has 2 rings (SSSR count). The van der Waals surface area contributed by atoms with Gasteiger partial charge in [0.05, 0.1) is 13.2 Å². The van der Waals surface area contributed by atoms with Crippen LogP contribution in [0.1, 0.15) is 17.2 Å². The molecule has 0 bridgehead atoms. The lowest BCUT2D eigenvalue weighted by molar-refractivity contribution is 0.174. The van der Waals surface area contributed by atoms with E-state index in [-0.39, 0.29) is 11.6 Å². The van der Waals surface area contributed by atoms with E-state index < -0.39 is 11.9 Å². The molecule has 0 amide bonds. The van der Waals surface area contributed by atoms with Gasteiger partial charge < -0.3 is 15.2 Å². The van der Waals surface area contributed by atoms with Gasteiger partial charge in [-0.15, -0.1) is 0 Å². The summed E-state index contributed by atoms with van der Waals surface area (Å²) in [7, 11) is 1.41. The van der Waals surface area contributed by atoms with E-state index in [9.17, 15) is 13.9 Å². The molecule has 2 aromatic rings. The summed E-state index contributed by atoms with van der Waals surface area (Å²) in [4.78, 5) is 0. The van der Waals surface area contributed by atoms with Crippen molar-refractivity contribution in [2.24, 2.45) is 0 Å². The molecular weight excluding hydrogens is 276 g/mol. The Morgan fingerprint density at radius 2 is 1.86 bits per heavy atom. The van der Waals surface area contributed by atoms with Gasteiger partial charge in [-0.05, 0) is 35.4 Å². The molecule has 0 spiro atoms. The zero-order valence-electron chi connectivity index (χ0n) is 11.6. The highest BCUT2D eigenvalue weighted by Gasteiger charge is 2.08. The fourth-order valence-electron chi connectivity index (χ4n) is 1.98. The topological polar surface area (TPSA) is 41.5 Å². The van der Waals surface area contributed by atoms with Crippen molar-refractivity contribution in [3.8, 4) is 5.75 Å².